The number of ether oxygens (including phenoxy) is 2. The van der Waals surface area contributed by atoms with Gasteiger partial charge in [0.2, 0.25) is 0 Å². The summed E-state index contributed by atoms with van der Waals surface area (Å²) in [4.78, 5) is 14.6. The van der Waals surface area contributed by atoms with Crippen LogP contribution in [-0.4, -0.2) is 50.2 Å². The Kier molecular flexibility index (Phi) is 10.7. The third kappa shape index (κ3) is 7.35. The van der Waals surface area contributed by atoms with Gasteiger partial charge in [-0.3, -0.25) is 4.79 Å². The van der Waals surface area contributed by atoms with E-state index in [1.54, 1.807) is 0 Å². The number of amides is 1. The van der Waals surface area contributed by atoms with E-state index < -0.39 is 0 Å². The number of hydrogen-bond acceptors (Lipinski definition) is 4. The highest BCUT2D eigenvalue weighted by Crippen LogP contribution is 2.40. The maximum atomic E-state index is 12.8. The van der Waals surface area contributed by atoms with E-state index in [4.69, 9.17) is 9.47 Å². The van der Waals surface area contributed by atoms with E-state index in [1.165, 1.54) is 12.8 Å². The molecule has 2 aromatic rings. The first kappa shape index (κ1) is 26.8. The van der Waals surface area contributed by atoms with Gasteiger partial charge < -0.3 is 19.7 Å². The molecule has 0 aromatic heterocycles. The third-order valence-corrected chi connectivity index (χ3v) is 6.37. The molecule has 0 atom stereocenters. The molecule has 5 nitrogen and oxygen atoms in total. The first-order chi connectivity index (χ1) is 17.2. The maximum absolute atomic E-state index is 12.8. The zero-order valence-electron chi connectivity index (χ0n) is 21.9. The van der Waals surface area contributed by atoms with E-state index >= 15 is 0 Å². The molecule has 5 heteroatoms. The highest BCUT2D eigenvalue weighted by molar-refractivity contribution is 5.95. The van der Waals surface area contributed by atoms with E-state index in [1.807, 2.05) is 50.8 Å². The average molecular weight is 481 g/mol. The van der Waals surface area contributed by atoms with Gasteiger partial charge in [0.05, 0.1) is 6.61 Å². The van der Waals surface area contributed by atoms with Gasteiger partial charge in [-0.05, 0) is 81.3 Å². The second-order valence-electron chi connectivity index (χ2n) is 8.80. The number of allylic oxidation sites excluding steroid dienone is 1. The van der Waals surface area contributed by atoms with E-state index in [2.05, 4.69) is 35.7 Å². The summed E-state index contributed by atoms with van der Waals surface area (Å²) in [6.07, 6.45) is 6.83. The van der Waals surface area contributed by atoms with Crippen LogP contribution in [0.4, 0.5) is 0 Å². The van der Waals surface area contributed by atoms with Crippen LogP contribution in [0.2, 0.25) is 0 Å². The van der Waals surface area contributed by atoms with Crippen molar-refractivity contribution >= 4 is 11.5 Å². The summed E-state index contributed by atoms with van der Waals surface area (Å²) in [5.74, 6) is 2.39. The van der Waals surface area contributed by atoms with Crippen molar-refractivity contribution in [3.8, 4) is 11.5 Å². The number of fused-ring (bicyclic) bond motifs is 1. The molecule has 1 saturated carbocycles. The Bertz CT molecular complexity index is 967. The van der Waals surface area contributed by atoms with Crippen molar-refractivity contribution in [2.24, 2.45) is 5.92 Å². The molecule has 1 heterocycles. The van der Waals surface area contributed by atoms with E-state index in [9.17, 15) is 4.79 Å². The van der Waals surface area contributed by atoms with Gasteiger partial charge in [0.15, 0.2) is 11.5 Å². The van der Waals surface area contributed by atoms with Crippen molar-refractivity contribution in [1.82, 2.24) is 10.2 Å². The first-order valence-corrected chi connectivity index (χ1v) is 13.4. The van der Waals surface area contributed by atoms with Gasteiger partial charge in [-0.2, -0.15) is 0 Å². The molecule has 1 aliphatic heterocycles. The second kappa shape index (κ2) is 13.9. The van der Waals surface area contributed by atoms with Crippen LogP contribution >= 0.6 is 0 Å². The smallest absolute Gasteiger partial charge is 0.253 e. The Morgan fingerprint density at radius 2 is 1.83 bits per heavy atom. The highest BCUT2D eigenvalue weighted by Gasteiger charge is 2.24. The fourth-order valence-electron chi connectivity index (χ4n) is 4.18. The van der Waals surface area contributed by atoms with Crippen LogP contribution in [-0.2, 0) is 0 Å². The molecule has 4 rings (SSSR count). The lowest BCUT2D eigenvalue weighted by Crippen LogP contribution is -2.30. The number of carbonyl (C=O) groups is 1. The van der Waals surface area contributed by atoms with Crippen molar-refractivity contribution in [3.05, 3.63) is 65.2 Å². The lowest BCUT2D eigenvalue weighted by molar-refractivity contribution is 0.0773. The monoisotopic (exact) mass is 480 g/mol. The predicted molar refractivity (Wildman–Crippen MR) is 146 cm³/mol. The largest absolute Gasteiger partial charge is 0.489 e. The molecule has 1 N–H and O–H groups in total. The number of nitrogens with one attached hydrogen (secondary N) is 1. The number of para-hydroxylation sites is 1. The molecule has 0 radical (unpaired) electrons. The van der Waals surface area contributed by atoms with Gasteiger partial charge in [0.1, 0.15) is 6.61 Å². The molecule has 1 amide bonds. The van der Waals surface area contributed by atoms with E-state index in [0.717, 1.165) is 66.3 Å². The molecule has 0 bridgehead atoms. The standard InChI is InChI=1S/C28H36N2O3.C2H6.H2/c1-3-30(4-2)28(31)23-15-13-22(14-16-23)24-8-5-6-17-29-18-19-32-27-25(24)9-7-10-26(27)33-20-21-11-12-21;1-2;/h7-10,13-16,21,29H,3-6,11-12,17-20H2,1-2H3;1-2H3;1H/b24-8-;;. The zero-order chi connectivity index (χ0) is 25.0. The van der Waals surface area contributed by atoms with Crippen molar-refractivity contribution < 1.29 is 15.7 Å². The van der Waals surface area contributed by atoms with Gasteiger partial charge >= 0.3 is 0 Å². The Morgan fingerprint density at radius 3 is 2.51 bits per heavy atom. The fourth-order valence-corrected chi connectivity index (χ4v) is 4.18. The summed E-state index contributed by atoms with van der Waals surface area (Å²) >= 11 is 0. The molecular formula is C30H44N2O3. The Hall–Kier alpha value is -2.79. The molecule has 1 fully saturated rings. The molecule has 0 unspecified atom stereocenters. The maximum Gasteiger partial charge on any atom is 0.253 e. The van der Waals surface area contributed by atoms with Crippen LogP contribution in [0.15, 0.2) is 48.5 Å². The number of rotatable bonds is 7. The van der Waals surface area contributed by atoms with Crippen LogP contribution in [0.3, 0.4) is 0 Å². The van der Waals surface area contributed by atoms with Gasteiger partial charge in [-0.1, -0.05) is 44.2 Å². The van der Waals surface area contributed by atoms with Gasteiger partial charge in [0.25, 0.3) is 5.91 Å². The van der Waals surface area contributed by atoms with Crippen LogP contribution in [0.1, 0.15) is 76.3 Å². The minimum atomic E-state index is 0. The van der Waals surface area contributed by atoms with Crippen molar-refractivity contribution in [1.29, 1.82) is 0 Å². The highest BCUT2D eigenvalue weighted by atomic mass is 16.5. The number of carbonyl (C=O) groups excluding carboxylic acids is 1. The Morgan fingerprint density at radius 1 is 1.09 bits per heavy atom. The van der Waals surface area contributed by atoms with Crippen LogP contribution < -0.4 is 14.8 Å². The van der Waals surface area contributed by atoms with Crippen molar-refractivity contribution in [3.63, 3.8) is 0 Å². The minimum Gasteiger partial charge on any atom is -0.489 e. The molecular weight excluding hydrogens is 436 g/mol. The van der Waals surface area contributed by atoms with E-state index in [-0.39, 0.29) is 7.33 Å². The number of nitrogens with zero attached hydrogens (tertiary/aromatic N) is 1. The van der Waals surface area contributed by atoms with Crippen LogP contribution in [0.25, 0.3) is 5.57 Å². The second-order valence-corrected chi connectivity index (χ2v) is 8.80. The number of hydrogen-bond donors (Lipinski definition) is 1. The van der Waals surface area contributed by atoms with E-state index in [0.29, 0.717) is 25.6 Å². The summed E-state index contributed by atoms with van der Waals surface area (Å²) in [5.41, 5.74) is 3.99. The Labute approximate surface area is 213 Å². The fraction of sp³-hybridized carbons (Fsp3) is 0.500. The molecule has 192 valence electrons. The minimum absolute atomic E-state index is 0. The molecule has 0 saturated heterocycles. The summed E-state index contributed by atoms with van der Waals surface area (Å²) in [7, 11) is 0. The topological polar surface area (TPSA) is 50.8 Å². The SMILES string of the molecule is CC.CCN(CC)C(=O)c1ccc(/C2=C/CCCNCCOc3c(OCC4CC4)cccc32)cc1.[HH]. The molecule has 2 aromatic carbocycles. The first-order valence-electron chi connectivity index (χ1n) is 13.4. The van der Waals surface area contributed by atoms with Gasteiger partial charge in [-0.25, -0.2) is 0 Å². The van der Waals surface area contributed by atoms with Crippen LogP contribution in [0, 0.1) is 5.92 Å². The molecule has 2 aliphatic rings. The third-order valence-electron chi connectivity index (χ3n) is 6.37. The van der Waals surface area contributed by atoms with Crippen molar-refractivity contribution in [2.75, 3.05) is 39.4 Å². The van der Waals surface area contributed by atoms with Crippen molar-refractivity contribution in [2.45, 2.75) is 53.4 Å². The van der Waals surface area contributed by atoms with Crippen LogP contribution in [0.5, 0.6) is 11.5 Å². The Balaban J connectivity index is 0.00000148. The molecule has 0 spiro atoms. The summed E-state index contributed by atoms with van der Waals surface area (Å²) < 4.78 is 12.5. The molecule has 35 heavy (non-hydrogen) atoms. The average Bonchev–Trinajstić information content (AvgIpc) is 3.73. The lowest BCUT2D eigenvalue weighted by Gasteiger charge is -2.20. The summed E-state index contributed by atoms with van der Waals surface area (Å²) in [6, 6.07) is 14.2. The predicted octanol–water partition coefficient (Wildman–Crippen LogP) is 6.42. The zero-order valence-corrected chi connectivity index (χ0v) is 21.9. The summed E-state index contributed by atoms with van der Waals surface area (Å²) in [5, 5.41) is 3.45. The summed E-state index contributed by atoms with van der Waals surface area (Å²) in [6.45, 7) is 12.6. The van der Waals surface area contributed by atoms with Gasteiger partial charge in [0, 0.05) is 32.2 Å². The quantitative estimate of drug-likeness (QED) is 0.497. The van der Waals surface area contributed by atoms with Gasteiger partial charge in [-0.15, -0.1) is 0 Å². The normalized spacial score (nSPS) is 17.3. The molecule has 1 aliphatic carbocycles. The number of benzene rings is 2. The lowest BCUT2D eigenvalue weighted by atomic mass is 9.94.